The summed E-state index contributed by atoms with van der Waals surface area (Å²) >= 11 is 5.87. The van der Waals surface area contributed by atoms with Gasteiger partial charge in [0.2, 0.25) is 0 Å². The lowest BCUT2D eigenvalue weighted by Crippen LogP contribution is -2.29. The van der Waals surface area contributed by atoms with E-state index in [4.69, 9.17) is 11.6 Å². The van der Waals surface area contributed by atoms with Crippen LogP contribution in [0.2, 0.25) is 0 Å². The van der Waals surface area contributed by atoms with Gasteiger partial charge in [-0.25, -0.2) is 0 Å². The highest BCUT2D eigenvalue weighted by atomic mass is 35.5. The number of nitrogens with zero attached hydrogens (tertiary/aromatic N) is 1. The Labute approximate surface area is 107 Å². The zero-order chi connectivity index (χ0) is 13.3. The van der Waals surface area contributed by atoms with Gasteiger partial charge >= 0.3 is 6.18 Å². The van der Waals surface area contributed by atoms with E-state index in [1.807, 2.05) is 0 Å². The topological polar surface area (TPSA) is 20.3 Å². The van der Waals surface area contributed by atoms with Crippen LogP contribution in [-0.2, 0) is 6.18 Å². The molecule has 1 aromatic rings. The van der Waals surface area contributed by atoms with Gasteiger partial charge in [-0.15, -0.1) is 11.6 Å². The van der Waals surface area contributed by atoms with Crippen LogP contribution in [0.5, 0.6) is 0 Å². The van der Waals surface area contributed by atoms with Crippen LogP contribution in [0, 0.1) is 0 Å². The zero-order valence-corrected chi connectivity index (χ0v) is 10.1. The third-order valence-corrected chi connectivity index (χ3v) is 3.21. The Morgan fingerprint density at radius 3 is 2.67 bits per heavy atom. The fourth-order valence-corrected chi connectivity index (χ4v) is 2.18. The lowest BCUT2D eigenvalue weighted by molar-refractivity contribution is -0.137. The van der Waals surface area contributed by atoms with Crippen molar-refractivity contribution in [3.63, 3.8) is 0 Å². The average molecular weight is 278 g/mol. The monoisotopic (exact) mass is 277 g/mol. The number of amides is 1. The summed E-state index contributed by atoms with van der Waals surface area (Å²) in [5.41, 5.74) is -0.759. The second kappa shape index (κ2) is 4.80. The highest BCUT2D eigenvalue weighted by Gasteiger charge is 2.32. The maximum absolute atomic E-state index is 12.5. The molecule has 98 valence electrons. The van der Waals surface area contributed by atoms with Gasteiger partial charge in [0.25, 0.3) is 5.91 Å². The quantitative estimate of drug-likeness (QED) is 0.722. The molecule has 0 aliphatic carbocycles. The summed E-state index contributed by atoms with van der Waals surface area (Å²) in [4.78, 5) is 13.5. The smallest absolute Gasteiger partial charge is 0.337 e. The molecule has 0 aromatic heterocycles. The Hall–Kier alpha value is -1.23. The third-order valence-electron chi connectivity index (χ3n) is 2.85. The third kappa shape index (κ3) is 2.77. The molecule has 1 fully saturated rings. The zero-order valence-electron chi connectivity index (χ0n) is 9.38. The van der Waals surface area contributed by atoms with E-state index in [-0.39, 0.29) is 10.9 Å². The molecule has 18 heavy (non-hydrogen) atoms. The largest absolute Gasteiger partial charge is 0.416 e. The molecule has 0 spiro atoms. The molecule has 0 N–H and O–H groups in total. The van der Waals surface area contributed by atoms with Crippen LogP contribution in [0.4, 0.5) is 13.2 Å². The van der Waals surface area contributed by atoms with Crippen molar-refractivity contribution in [3.8, 4) is 0 Å². The van der Waals surface area contributed by atoms with E-state index in [9.17, 15) is 18.0 Å². The van der Waals surface area contributed by atoms with Crippen molar-refractivity contribution < 1.29 is 18.0 Å². The molecule has 1 aliphatic rings. The van der Waals surface area contributed by atoms with E-state index >= 15 is 0 Å². The van der Waals surface area contributed by atoms with Crippen LogP contribution in [0.25, 0.3) is 0 Å². The van der Waals surface area contributed by atoms with Gasteiger partial charge in [0.1, 0.15) is 0 Å². The molecule has 1 atom stereocenters. The van der Waals surface area contributed by atoms with Crippen molar-refractivity contribution in [2.75, 3.05) is 13.1 Å². The van der Waals surface area contributed by atoms with Gasteiger partial charge in [0, 0.05) is 18.7 Å². The molecular weight excluding hydrogens is 267 g/mol. The Bertz CT molecular complexity index is 461. The van der Waals surface area contributed by atoms with E-state index in [0.29, 0.717) is 19.5 Å². The van der Waals surface area contributed by atoms with Gasteiger partial charge in [0.05, 0.1) is 10.9 Å². The molecule has 0 radical (unpaired) electrons. The fraction of sp³-hybridized carbons (Fsp3) is 0.417. The van der Waals surface area contributed by atoms with Crippen molar-refractivity contribution in [3.05, 3.63) is 35.4 Å². The number of hydrogen-bond acceptors (Lipinski definition) is 1. The molecule has 1 heterocycles. The second-order valence-electron chi connectivity index (χ2n) is 4.22. The number of halogens is 4. The first kappa shape index (κ1) is 13.2. The predicted octanol–water partition coefficient (Wildman–Crippen LogP) is 3.16. The number of rotatable bonds is 1. The molecule has 1 aliphatic heterocycles. The number of alkyl halides is 4. The molecule has 2 rings (SSSR count). The molecule has 2 nitrogen and oxygen atoms in total. The van der Waals surface area contributed by atoms with Crippen LogP contribution in [0.1, 0.15) is 22.3 Å². The highest BCUT2D eigenvalue weighted by molar-refractivity contribution is 6.21. The minimum atomic E-state index is -4.43. The maximum atomic E-state index is 12.5. The van der Waals surface area contributed by atoms with E-state index in [2.05, 4.69) is 0 Å². The summed E-state index contributed by atoms with van der Waals surface area (Å²) in [6, 6.07) is 4.46. The van der Waals surface area contributed by atoms with Crippen molar-refractivity contribution in [2.24, 2.45) is 0 Å². The Morgan fingerprint density at radius 2 is 2.11 bits per heavy atom. The van der Waals surface area contributed by atoms with Crippen LogP contribution in [-0.4, -0.2) is 29.3 Å². The molecular formula is C12H11ClF3NO. The molecule has 6 heteroatoms. The van der Waals surface area contributed by atoms with Crippen molar-refractivity contribution >= 4 is 17.5 Å². The Morgan fingerprint density at radius 1 is 1.39 bits per heavy atom. The molecule has 0 saturated carbocycles. The number of benzene rings is 1. The predicted molar refractivity (Wildman–Crippen MR) is 61.6 cm³/mol. The fourth-order valence-electron chi connectivity index (χ4n) is 1.91. The van der Waals surface area contributed by atoms with Gasteiger partial charge in [0.15, 0.2) is 0 Å². The van der Waals surface area contributed by atoms with E-state index in [0.717, 1.165) is 12.1 Å². The van der Waals surface area contributed by atoms with E-state index < -0.39 is 17.6 Å². The summed E-state index contributed by atoms with van der Waals surface area (Å²) < 4.78 is 37.6. The number of carbonyl (C=O) groups is 1. The van der Waals surface area contributed by atoms with Crippen LogP contribution in [0.3, 0.4) is 0 Å². The van der Waals surface area contributed by atoms with Crippen molar-refractivity contribution in [1.82, 2.24) is 4.90 Å². The maximum Gasteiger partial charge on any atom is 0.416 e. The summed E-state index contributed by atoms with van der Waals surface area (Å²) in [5.74, 6) is -0.399. The lowest BCUT2D eigenvalue weighted by atomic mass is 10.1. The van der Waals surface area contributed by atoms with Crippen LogP contribution < -0.4 is 0 Å². The normalized spacial score (nSPS) is 20.2. The van der Waals surface area contributed by atoms with Gasteiger partial charge < -0.3 is 4.90 Å². The average Bonchev–Trinajstić information content (AvgIpc) is 2.74. The minimum absolute atomic E-state index is 0.0515. The SMILES string of the molecule is O=C(c1cccc(C(F)(F)F)c1)N1CCC(Cl)C1. The van der Waals surface area contributed by atoms with Crippen LogP contribution >= 0.6 is 11.6 Å². The molecule has 0 bridgehead atoms. The summed E-state index contributed by atoms with van der Waals surface area (Å²) in [5, 5.41) is -0.111. The molecule has 1 unspecified atom stereocenters. The highest BCUT2D eigenvalue weighted by Crippen LogP contribution is 2.30. The first-order valence-electron chi connectivity index (χ1n) is 5.48. The van der Waals surface area contributed by atoms with Gasteiger partial charge in [-0.1, -0.05) is 6.07 Å². The summed E-state index contributed by atoms with van der Waals surface area (Å²) in [6.07, 6.45) is -3.76. The van der Waals surface area contributed by atoms with Crippen molar-refractivity contribution in [2.45, 2.75) is 18.0 Å². The van der Waals surface area contributed by atoms with Gasteiger partial charge in [-0.2, -0.15) is 13.2 Å². The standard InChI is InChI=1S/C12H11ClF3NO/c13-10-4-5-17(7-10)11(18)8-2-1-3-9(6-8)12(14,15)16/h1-3,6,10H,4-5,7H2. The van der Waals surface area contributed by atoms with E-state index in [1.165, 1.54) is 17.0 Å². The van der Waals surface area contributed by atoms with Crippen LogP contribution in [0.15, 0.2) is 24.3 Å². The molecule has 1 amide bonds. The number of carbonyl (C=O) groups excluding carboxylic acids is 1. The van der Waals surface area contributed by atoms with Gasteiger partial charge in [-0.3, -0.25) is 4.79 Å². The Balaban J connectivity index is 2.21. The second-order valence-corrected chi connectivity index (χ2v) is 4.83. The Kier molecular flexibility index (Phi) is 3.52. The minimum Gasteiger partial charge on any atom is -0.337 e. The first-order valence-corrected chi connectivity index (χ1v) is 5.92. The van der Waals surface area contributed by atoms with Gasteiger partial charge in [-0.05, 0) is 24.6 Å². The summed E-state index contributed by atoms with van der Waals surface area (Å²) in [6.45, 7) is 0.875. The first-order chi connectivity index (χ1) is 8.38. The van der Waals surface area contributed by atoms with E-state index in [1.54, 1.807) is 0 Å². The molecule has 1 saturated heterocycles. The number of likely N-dealkylation sites (tertiary alicyclic amines) is 1. The number of hydrogen-bond donors (Lipinski definition) is 0. The van der Waals surface area contributed by atoms with Crippen molar-refractivity contribution in [1.29, 1.82) is 0 Å². The summed E-state index contributed by atoms with van der Waals surface area (Å²) in [7, 11) is 0. The lowest BCUT2D eigenvalue weighted by Gasteiger charge is -2.16. The molecule has 1 aromatic carbocycles.